The molecule has 2 aromatic rings. The molecule has 1 nitrogen and oxygen atoms in total. The normalized spacial score (nSPS) is 12.5. The molecule has 0 aliphatic heterocycles. The standard InChI is InChI=1S/C13H9Cl4N/c14-8-2-4-10(15)9(6-8)13(18)7-1-3-11(16)12(17)5-7/h1-6,13H,18H2. The van der Waals surface area contributed by atoms with Crippen molar-refractivity contribution in [3.05, 3.63) is 67.6 Å². The largest absolute Gasteiger partial charge is 0.320 e. The molecule has 0 aromatic heterocycles. The molecule has 0 bridgehead atoms. The molecule has 0 amide bonds. The summed E-state index contributed by atoms with van der Waals surface area (Å²) in [5.74, 6) is 0. The van der Waals surface area contributed by atoms with Crippen LogP contribution in [0.4, 0.5) is 0 Å². The van der Waals surface area contributed by atoms with Gasteiger partial charge in [-0.1, -0.05) is 52.5 Å². The second-order valence-electron chi connectivity index (χ2n) is 3.82. The number of hydrogen-bond acceptors (Lipinski definition) is 1. The fourth-order valence-electron chi connectivity index (χ4n) is 1.64. The number of hydrogen-bond donors (Lipinski definition) is 1. The Morgan fingerprint density at radius 2 is 1.44 bits per heavy atom. The van der Waals surface area contributed by atoms with Gasteiger partial charge in [-0.2, -0.15) is 0 Å². The molecule has 0 aliphatic rings. The number of nitrogens with two attached hydrogens (primary N) is 1. The zero-order valence-corrected chi connectivity index (χ0v) is 12.2. The molecule has 0 fully saturated rings. The van der Waals surface area contributed by atoms with Crippen LogP contribution in [0.5, 0.6) is 0 Å². The third kappa shape index (κ3) is 2.93. The molecular formula is C13H9Cl4N. The maximum Gasteiger partial charge on any atom is 0.0595 e. The minimum atomic E-state index is -0.397. The van der Waals surface area contributed by atoms with E-state index in [1.54, 1.807) is 30.3 Å². The summed E-state index contributed by atoms with van der Waals surface area (Å²) in [5.41, 5.74) is 7.74. The lowest BCUT2D eigenvalue weighted by Gasteiger charge is -2.15. The van der Waals surface area contributed by atoms with Crippen molar-refractivity contribution in [3.63, 3.8) is 0 Å². The minimum absolute atomic E-state index is 0.397. The van der Waals surface area contributed by atoms with Gasteiger partial charge >= 0.3 is 0 Å². The fourth-order valence-corrected chi connectivity index (χ4v) is 2.36. The number of halogens is 4. The third-order valence-electron chi connectivity index (χ3n) is 2.60. The Balaban J connectivity index is 2.44. The summed E-state index contributed by atoms with van der Waals surface area (Å²) in [4.78, 5) is 0. The van der Waals surface area contributed by atoms with Gasteiger partial charge < -0.3 is 5.73 Å². The Morgan fingerprint density at radius 3 is 2.11 bits per heavy atom. The van der Waals surface area contributed by atoms with Gasteiger partial charge in [-0.25, -0.2) is 0 Å². The van der Waals surface area contributed by atoms with E-state index < -0.39 is 6.04 Å². The average molecular weight is 321 g/mol. The molecule has 1 unspecified atom stereocenters. The lowest BCUT2D eigenvalue weighted by atomic mass is 10.00. The van der Waals surface area contributed by atoms with E-state index in [0.29, 0.717) is 20.1 Å². The van der Waals surface area contributed by atoms with Gasteiger partial charge in [-0.05, 0) is 41.5 Å². The monoisotopic (exact) mass is 319 g/mol. The summed E-state index contributed by atoms with van der Waals surface area (Å²) in [6, 6.07) is 10.0. The average Bonchev–Trinajstić information content (AvgIpc) is 2.35. The Labute approximate surface area is 125 Å². The van der Waals surface area contributed by atoms with Crippen LogP contribution in [0.2, 0.25) is 20.1 Å². The molecule has 18 heavy (non-hydrogen) atoms. The second kappa shape index (κ2) is 5.68. The van der Waals surface area contributed by atoms with Crippen molar-refractivity contribution in [1.82, 2.24) is 0 Å². The van der Waals surface area contributed by atoms with Crippen LogP contribution in [0, 0.1) is 0 Å². The van der Waals surface area contributed by atoms with Crippen LogP contribution in [0.3, 0.4) is 0 Å². The zero-order valence-electron chi connectivity index (χ0n) is 9.13. The van der Waals surface area contributed by atoms with Gasteiger partial charge in [0.05, 0.1) is 16.1 Å². The molecule has 0 saturated heterocycles. The number of benzene rings is 2. The summed E-state index contributed by atoms with van der Waals surface area (Å²) in [5, 5.41) is 2.11. The van der Waals surface area contributed by atoms with Crippen molar-refractivity contribution in [3.8, 4) is 0 Å². The highest BCUT2D eigenvalue weighted by Gasteiger charge is 2.14. The highest BCUT2D eigenvalue weighted by molar-refractivity contribution is 6.42. The first-order valence-electron chi connectivity index (χ1n) is 5.14. The maximum absolute atomic E-state index is 6.16. The highest BCUT2D eigenvalue weighted by atomic mass is 35.5. The van der Waals surface area contributed by atoms with Gasteiger partial charge in [-0.15, -0.1) is 0 Å². The molecule has 2 aromatic carbocycles. The van der Waals surface area contributed by atoms with Crippen LogP contribution in [-0.2, 0) is 0 Å². The van der Waals surface area contributed by atoms with Crippen molar-refractivity contribution in [1.29, 1.82) is 0 Å². The summed E-state index contributed by atoms with van der Waals surface area (Å²) < 4.78 is 0. The van der Waals surface area contributed by atoms with Crippen molar-refractivity contribution in [2.75, 3.05) is 0 Å². The van der Waals surface area contributed by atoms with Crippen LogP contribution < -0.4 is 5.73 Å². The van der Waals surface area contributed by atoms with E-state index in [9.17, 15) is 0 Å². The van der Waals surface area contributed by atoms with E-state index >= 15 is 0 Å². The topological polar surface area (TPSA) is 26.0 Å². The molecule has 0 saturated carbocycles. The molecule has 5 heteroatoms. The van der Waals surface area contributed by atoms with E-state index in [4.69, 9.17) is 52.1 Å². The molecule has 94 valence electrons. The van der Waals surface area contributed by atoms with E-state index in [1.807, 2.05) is 6.07 Å². The first-order valence-corrected chi connectivity index (χ1v) is 6.65. The molecular weight excluding hydrogens is 312 g/mol. The lowest BCUT2D eigenvalue weighted by molar-refractivity contribution is 0.872. The first-order chi connectivity index (χ1) is 8.49. The van der Waals surface area contributed by atoms with Gasteiger partial charge in [0.1, 0.15) is 0 Å². The van der Waals surface area contributed by atoms with Crippen molar-refractivity contribution in [2.24, 2.45) is 5.73 Å². The van der Waals surface area contributed by atoms with Crippen molar-refractivity contribution in [2.45, 2.75) is 6.04 Å². The van der Waals surface area contributed by atoms with E-state index in [0.717, 1.165) is 11.1 Å². The lowest BCUT2D eigenvalue weighted by Crippen LogP contribution is -2.12. The van der Waals surface area contributed by atoms with Crippen LogP contribution in [0.25, 0.3) is 0 Å². The molecule has 1 atom stereocenters. The quantitative estimate of drug-likeness (QED) is 0.793. The minimum Gasteiger partial charge on any atom is -0.320 e. The van der Waals surface area contributed by atoms with Crippen molar-refractivity contribution < 1.29 is 0 Å². The van der Waals surface area contributed by atoms with Crippen LogP contribution >= 0.6 is 46.4 Å². The summed E-state index contributed by atoms with van der Waals surface area (Å²) in [7, 11) is 0. The van der Waals surface area contributed by atoms with Crippen LogP contribution in [0.15, 0.2) is 36.4 Å². The van der Waals surface area contributed by atoms with E-state index in [-0.39, 0.29) is 0 Å². The Bertz CT molecular complexity index is 583. The molecule has 2 N–H and O–H groups in total. The predicted octanol–water partition coefficient (Wildman–Crippen LogP) is 5.35. The first kappa shape index (κ1) is 14.0. The zero-order chi connectivity index (χ0) is 13.3. The Kier molecular flexibility index (Phi) is 4.41. The maximum atomic E-state index is 6.16. The summed E-state index contributed by atoms with van der Waals surface area (Å²) in [6.07, 6.45) is 0. The van der Waals surface area contributed by atoms with Crippen LogP contribution in [-0.4, -0.2) is 0 Å². The Hall–Kier alpha value is -0.440. The highest BCUT2D eigenvalue weighted by Crippen LogP contribution is 2.32. The SMILES string of the molecule is NC(c1ccc(Cl)c(Cl)c1)c1cc(Cl)ccc1Cl. The smallest absolute Gasteiger partial charge is 0.0595 e. The van der Waals surface area contributed by atoms with Crippen LogP contribution in [0.1, 0.15) is 17.2 Å². The fraction of sp³-hybridized carbons (Fsp3) is 0.0769. The van der Waals surface area contributed by atoms with E-state index in [1.165, 1.54) is 0 Å². The molecule has 2 rings (SSSR count). The molecule has 0 radical (unpaired) electrons. The van der Waals surface area contributed by atoms with Crippen molar-refractivity contribution >= 4 is 46.4 Å². The predicted molar refractivity (Wildman–Crippen MR) is 79.0 cm³/mol. The summed E-state index contributed by atoms with van der Waals surface area (Å²) in [6.45, 7) is 0. The van der Waals surface area contributed by atoms with Gasteiger partial charge in [0.15, 0.2) is 0 Å². The van der Waals surface area contributed by atoms with Gasteiger partial charge in [0.25, 0.3) is 0 Å². The molecule has 0 spiro atoms. The Morgan fingerprint density at radius 1 is 0.778 bits per heavy atom. The van der Waals surface area contributed by atoms with Gasteiger partial charge in [0.2, 0.25) is 0 Å². The van der Waals surface area contributed by atoms with E-state index in [2.05, 4.69) is 0 Å². The number of rotatable bonds is 2. The van der Waals surface area contributed by atoms with Gasteiger partial charge in [0, 0.05) is 10.0 Å². The third-order valence-corrected chi connectivity index (χ3v) is 3.91. The summed E-state index contributed by atoms with van der Waals surface area (Å²) >= 11 is 23.9. The molecule has 0 heterocycles. The van der Waals surface area contributed by atoms with Gasteiger partial charge in [-0.3, -0.25) is 0 Å². The second-order valence-corrected chi connectivity index (χ2v) is 5.48. The molecule has 0 aliphatic carbocycles.